The number of halogens is 3. The van der Waals surface area contributed by atoms with Crippen LogP contribution in [0, 0.1) is 6.92 Å². The van der Waals surface area contributed by atoms with E-state index in [4.69, 9.17) is 0 Å². The van der Waals surface area contributed by atoms with Crippen molar-refractivity contribution in [1.82, 2.24) is 0 Å². The predicted octanol–water partition coefficient (Wildman–Crippen LogP) is -5.93. The summed E-state index contributed by atoms with van der Waals surface area (Å²) in [5.41, 5.74) is 2.89. The third-order valence-corrected chi connectivity index (χ3v) is 1.79. The molecule has 0 aromatic heterocycles. The van der Waals surface area contributed by atoms with Gasteiger partial charge in [-0.05, 0) is 0 Å². The molecule has 0 heterocycles. The molecular weight excluding hydrogens is 274 g/mol. The average Bonchev–Trinajstić information content (AvgIpc) is 2.31. The molecule has 1 rings (SSSR count). The van der Waals surface area contributed by atoms with Crippen LogP contribution in [0.15, 0.2) is 18.2 Å². The second kappa shape index (κ2) is 13.9. The average molecular weight is 289 g/mol. The van der Waals surface area contributed by atoms with Gasteiger partial charge in [-0.25, -0.2) is 11.6 Å². The van der Waals surface area contributed by atoms with Crippen LogP contribution < -0.4 is 37.2 Å². The quantitative estimate of drug-likeness (QED) is 0.384. The van der Waals surface area contributed by atoms with Gasteiger partial charge in [-0.3, -0.25) is 0 Å². The minimum atomic E-state index is 0. The molecule has 0 radical (unpaired) electrons. The van der Waals surface area contributed by atoms with E-state index in [0.717, 1.165) is 0 Å². The molecule has 0 aliphatic carbocycles. The maximum Gasteiger partial charge on any atom is 4.00 e. The monoisotopic (exact) mass is 288 g/mol. The number of hydrogen-bond donors (Lipinski definition) is 0. The Hall–Kier alpha value is 0.934. The van der Waals surface area contributed by atoms with E-state index in [0.29, 0.717) is 0 Å². The Labute approximate surface area is 121 Å². The van der Waals surface area contributed by atoms with Crippen LogP contribution in [0.3, 0.4) is 0 Å². The first-order chi connectivity index (χ1) is 4.83. The van der Waals surface area contributed by atoms with Crippen molar-refractivity contribution in [2.75, 3.05) is 0 Å². The SMILES string of the molecule is CCCC[c-]1ccc(C)c1.[Cl-].[Cl-].[Cl-].[Ti+4]. The van der Waals surface area contributed by atoms with Gasteiger partial charge in [-0.2, -0.15) is 17.7 Å². The molecule has 0 bridgehead atoms. The summed E-state index contributed by atoms with van der Waals surface area (Å²) in [5, 5.41) is 0. The van der Waals surface area contributed by atoms with E-state index in [-0.39, 0.29) is 58.9 Å². The van der Waals surface area contributed by atoms with Gasteiger partial charge in [0.2, 0.25) is 0 Å². The third kappa shape index (κ3) is 9.49. The van der Waals surface area contributed by atoms with E-state index in [1.165, 1.54) is 30.4 Å². The normalized spacial score (nSPS) is 7.29. The number of unbranched alkanes of at least 4 members (excludes halogenated alkanes) is 1. The molecule has 0 saturated heterocycles. The van der Waals surface area contributed by atoms with Crippen LogP contribution in [-0.4, -0.2) is 0 Å². The topological polar surface area (TPSA) is 0 Å². The van der Waals surface area contributed by atoms with Gasteiger partial charge in [0.05, 0.1) is 0 Å². The summed E-state index contributed by atoms with van der Waals surface area (Å²) in [7, 11) is 0. The van der Waals surface area contributed by atoms with Gasteiger partial charge >= 0.3 is 21.7 Å². The molecule has 14 heavy (non-hydrogen) atoms. The zero-order valence-electron chi connectivity index (χ0n) is 8.49. The summed E-state index contributed by atoms with van der Waals surface area (Å²) in [5.74, 6) is 0. The van der Waals surface area contributed by atoms with Crippen LogP contribution >= 0.6 is 0 Å². The van der Waals surface area contributed by atoms with Gasteiger partial charge in [0.25, 0.3) is 0 Å². The molecule has 80 valence electrons. The van der Waals surface area contributed by atoms with E-state index >= 15 is 0 Å². The Morgan fingerprint density at radius 2 is 1.79 bits per heavy atom. The molecule has 0 aliphatic heterocycles. The van der Waals surface area contributed by atoms with Crippen LogP contribution in [0.5, 0.6) is 0 Å². The van der Waals surface area contributed by atoms with E-state index in [9.17, 15) is 0 Å². The summed E-state index contributed by atoms with van der Waals surface area (Å²) in [6.45, 7) is 4.38. The van der Waals surface area contributed by atoms with Crippen molar-refractivity contribution in [2.45, 2.75) is 33.1 Å². The predicted molar refractivity (Wildman–Crippen MR) is 45.4 cm³/mol. The van der Waals surface area contributed by atoms with E-state index < -0.39 is 0 Å². The molecule has 0 atom stereocenters. The molecule has 0 spiro atoms. The number of hydrogen-bond acceptors (Lipinski definition) is 0. The first-order valence-electron chi connectivity index (χ1n) is 4.05. The Balaban J connectivity index is -0.000000125. The van der Waals surface area contributed by atoms with Crippen LogP contribution in [0.2, 0.25) is 0 Å². The second-order valence-corrected chi connectivity index (χ2v) is 2.90. The smallest absolute Gasteiger partial charge is 1.00 e. The molecule has 1 aromatic rings. The fourth-order valence-corrected chi connectivity index (χ4v) is 1.16. The fourth-order valence-electron chi connectivity index (χ4n) is 1.16. The van der Waals surface area contributed by atoms with Crippen LogP contribution in [0.4, 0.5) is 0 Å². The van der Waals surface area contributed by atoms with Crippen molar-refractivity contribution in [3.8, 4) is 0 Å². The third-order valence-electron chi connectivity index (χ3n) is 1.79. The second-order valence-electron chi connectivity index (χ2n) is 2.90. The largest absolute Gasteiger partial charge is 4.00 e. The molecule has 0 aliphatic rings. The van der Waals surface area contributed by atoms with Crippen LogP contribution in [0.1, 0.15) is 30.9 Å². The maximum atomic E-state index is 2.27. The zero-order valence-corrected chi connectivity index (χ0v) is 12.3. The molecule has 0 N–H and O–H groups in total. The van der Waals surface area contributed by atoms with Gasteiger partial charge in [-0.1, -0.05) is 33.1 Å². The van der Waals surface area contributed by atoms with Gasteiger partial charge < -0.3 is 37.2 Å². The minimum absolute atomic E-state index is 0. The van der Waals surface area contributed by atoms with Crippen molar-refractivity contribution < 1.29 is 58.9 Å². The number of rotatable bonds is 3. The molecule has 1 aromatic carbocycles. The summed E-state index contributed by atoms with van der Waals surface area (Å²) in [4.78, 5) is 0. The minimum Gasteiger partial charge on any atom is -1.00 e. The zero-order chi connectivity index (χ0) is 7.40. The summed E-state index contributed by atoms with van der Waals surface area (Å²) < 4.78 is 0. The van der Waals surface area contributed by atoms with Crippen molar-refractivity contribution in [1.29, 1.82) is 0 Å². The summed E-state index contributed by atoms with van der Waals surface area (Å²) in [6.07, 6.45) is 3.87. The van der Waals surface area contributed by atoms with Crippen molar-refractivity contribution in [2.24, 2.45) is 0 Å². The van der Waals surface area contributed by atoms with Crippen LogP contribution in [-0.2, 0) is 28.1 Å². The number of aryl methyl sites for hydroxylation is 2. The molecule has 0 amide bonds. The van der Waals surface area contributed by atoms with E-state index in [1.807, 2.05) is 0 Å². The fraction of sp³-hybridized carbons (Fsp3) is 0.500. The van der Waals surface area contributed by atoms with Gasteiger partial charge in [0, 0.05) is 0 Å². The van der Waals surface area contributed by atoms with E-state index in [1.54, 1.807) is 0 Å². The molecule has 0 saturated carbocycles. The van der Waals surface area contributed by atoms with Gasteiger partial charge in [0.15, 0.2) is 0 Å². The Bertz CT molecular complexity index is 199. The van der Waals surface area contributed by atoms with Gasteiger partial charge in [-0.15, -0.1) is 0 Å². The van der Waals surface area contributed by atoms with Crippen molar-refractivity contribution >= 4 is 0 Å². The Morgan fingerprint density at radius 3 is 2.14 bits per heavy atom. The molecule has 0 fully saturated rings. The van der Waals surface area contributed by atoms with Gasteiger partial charge in [0.1, 0.15) is 0 Å². The maximum absolute atomic E-state index is 2.27. The summed E-state index contributed by atoms with van der Waals surface area (Å²) in [6, 6.07) is 6.69. The standard InChI is InChI=1S/C10H15.3ClH.Ti/c1-3-4-5-10-7-6-9(2)8-10;;;;/h6-8H,3-5H2,1-2H3;3*1H;/q-1;;;;+4/p-3. The van der Waals surface area contributed by atoms with E-state index in [2.05, 4.69) is 32.0 Å². The summed E-state index contributed by atoms with van der Waals surface area (Å²) >= 11 is 0. The van der Waals surface area contributed by atoms with Crippen LogP contribution in [0.25, 0.3) is 0 Å². The van der Waals surface area contributed by atoms with Crippen molar-refractivity contribution in [3.63, 3.8) is 0 Å². The molecular formula is C10H15Cl3Ti. The molecule has 4 heteroatoms. The molecule has 0 unspecified atom stereocenters. The Morgan fingerprint density at radius 1 is 1.21 bits per heavy atom. The first kappa shape index (κ1) is 24.3. The first-order valence-corrected chi connectivity index (χ1v) is 4.05. The molecule has 0 nitrogen and oxygen atoms in total. The Kier molecular flexibility index (Phi) is 24.1. The van der Waals surface area contributed by atoms with Crippen molar-refractivity contribution in [3.05, 3.63) is 29.3 Å².